The second-order valence-corrected chi connectivity index (χ2v) is 5.79. The Labute approximate surface area is 103 Å². The fourth-order valence-electron chi connectivity index (χ4n) is 3.64. The number of hydrogen-bond acceptors (Lipinski definition) is 2. The van der Waals surface area contributed by atoms with Gasteiger partial charge in [-0.05, 0) is 35.3 Å². The molecule has 1 unspecified atom stereocenters. The molecule has 17 heavy (non-hydrogen) atoms. The monoisotopic (exact) mass is 226 g/mol. The zero-order valence-corrected chi connectivity index (χ0v) is 10.5. The van der Waals surface area contributed by atoms with Crippen molar-refractivity contribution >= 4 is 0 Å². The number of likely N-dealkylation sites (tertiary alicyclic amines) is 1. The zero-order valence-electron chi connectivity index (χ0n) is 10.5. The Hall–Kier alpha value is -1.49. The van der Waals surface area contributed by atoms with E-state index in [1.807, 2.05) is 4.90 Å². The molecule has 2 aliphatic rings. The van der Waals surface area contributed by atoms with Gasteiger partial charge in [-0.2, -0.15) is 5.26 Å². The molecule has 2 heteroatoms. The zero-order chi connectivity index (χ0) is 12.0. The van der Waals surface area contributed by atoms with Gasteiger partial charge in [0.25, 0.3) is 0 Å². The number of benzene rings is 1. The highest BCUT2D eigenvalue weighted by Crippen LogP contribution is 2.47. The second kappa shape index (κ2) is 3.50. The van der Waals surface area contributed by atoms with E-state index in [0.717, 1.165) is 19.4 Å². The number of nitrogens with zero attached hydrogens (tertiary/aromatic N) is 2. The van der Waals surface area contributed by atoms with Gasteiger partial charge in [-0.3, -0.25) is 0 Å². The summed E-state index contributed by atoms with van der Waals surface area (Å²) in [5.74, 6) is 0.542. The minimum atomic E-state index is 0.257. The molecule has 3 atom stereocenters. The summed E-state index contributed by atoms with van der Waals surface area (Å²) in [6.07, 6.45) is 4.53. The lowest BCUT2D eigenvalue weighted by Gasteiger charge is -2.51. The molecule has 0 amide bonds. The third-order valence-electron chi connectivity index (χ3n) is 4.88. The lowest BCUT2D eigenvalue weighted by Crippen LogP contribution is -2.54. The molecule has 0 radical (unpaired) electrons. The Bertz CT molecular complexity index is 488. The highest BCUT2D eigenvalue weighted by atomic mass is 15.2. The van der Waals surface area contributed by atoms with E-state index >= 15 is 0 Å². The van der Waals surface area contributed by atoms with E-state index in [2.05, 4.69) is 44.3 Å². The van der Waals surface area contributed by atoms with Crippen molar-refractivity contribution < 1.29 is 0 Å². The molecule has 1 saturated heterocycles. The molecule has 0 spiro atoms. The summed E-state index contributed by atoms with van der Waals surface area (Å²) in [5, 5.41) is 9.23. The van der Waals surface area contributed by atoms with Gasteiger partial charge in [-0.1, -0.05) is 38.1 Å². The molecule has 1 aromatic rings. The first-order valence-corrected chi connectivity index (χ1v) is 6.40. The van der Waals surface area contributed by atoms with Crippen LogP contribution in [0.15, 0.2) is 24.3 Å². The van der Waals surface area contributed by atoms with Gasteiger partial charge in [0.15, 0.2) is 6.19 Å². The van der Waals surface area contributed by atoms with Gasteiger partial charge in [0.1, 0.15) is 0 Å². The normalized spacial score (nSPS) is 35.0. The van der Waals surface area contributed by atoms with Crippen LogP contribution < -0.4 is 0 Å². The SMILES string of the molecule is CC1CN(C#N)[C@@H]2Cc3ccccc3[C@@]1(C)C2. The Kier molecular flexibility index (Phi) is 2.19. The first-order chi connectivity index (χ1) is 8.15. The lowest BCUT2D eigenvalue weighted by atomic mass is 9.60. The van der Waals surface area contributed by atoms with Gasteiger partial charge in [0.2, 0.25) is 0 Å². The van der Waals surface area contributed by atoms with Gasteiger partial charge < -0.3 is 4.90 Å². The molecule has 0 saturated carbocycles. The van der Waals surface area contributed by atoms with E-state index in [0.29, 0.717) is 12.0 Å². The smallest absolute Gasteiger partial charge is 0.179 e. The second-order valence-electron chi connectivity index (χ2n) is 5.79. The Morgan fingerprint density at radius 3 is 2.94 bits per heavy atom. The lowest BCUT2D eigenvalue weighted by molar-refractivity contribution is 0.0860. The summed E-state index contributed by atoms with van der Waals surface area (Å²) in [7, 11) is 0. The van der Waals surface area contributed by atoms with Crippen LogP contribution in [0.25, 0.3) is 0 Å². The summed E-state index contributed by atoms with van der Waals surface area (Å²) in [6.45, 7) is 5.56. The first kappa shape index (κ1) is 10.7. The number of nitriles is 1. The first-order valence-electron chi connectivity index (χ1n) is 6.40. The van der Waals surface area contributed by atoms with Crippen molar-refractivity contribution in [3.8, 4) is 6.19 Å². The maximum atomic E-state index is 9.23. The largest absolute Gasteiger partial charge is 0.307 e. The minimum absolute atomic E-state index is 0.257. The van der Waals surface area contributed by atoms with Crippen LogP contribution in [-0.2, 0) is 11.8 Å². The molecule has 0 aromatic heterocycles. The predicted molar refractivity (Wildman–Crippen MR) is 67.4 cm³/mol. The van der Waals surface area contributed by atoms with Crippen molar-refractivity contribution in [3.63, 3.8) is 0 Å². The minimum Gasteiger partial charge on any atom is -0.307 e. The van der Waals surface area contributed by atoms with Crippen LogP contribution in [0.4, 0.5) is 0 Å². The van der Waals surface area contributed by atoms with E-state index < -0.39 is 0 Å². The van der Waals surface area contributed by atoms with Gasteiger partial charge in [0, 0.05) is 12.6 Å². The van der Waals surface area contributed by atoms with E-state index in [1.54, 1.807) is 0 Å². The summed E-state index contributed by atoms with van der Waals surface area (Å²) < 4.78 is 0. The van der Waals surface area contributed by atoms with Crippen LogP contribution in [0.2, 0.25) is 0 Å². The maximum absolute atomic E-state index is 9.23. The molecule has 1 aliphatic carbocycles. The molecular formula is C15H18N2. The summed E-state index contributed by atoms with van der Waals surface area (Å²) in [6, 6.07) is 9.19. The van der Waals surface area contributed by atoms with E-state index in [-0.39, 0.29) is 5.41 Å². The summed E-state index contributed by atoms with van der Waals surface area (Å²) >= 11 is 0. The number of hydrogen-bond donors (Lipinski definition) is 0. The third-order valence-corrected chi connectivity index (χ3v) is 4.88. The maximum Gasteiger partial charge on any atom is 0.179 e. The van der Waals surface area contributed by atoms with E-state index in [9.17, 15) is 5.26 Å². The van der Waals surface area contributed by atoms with Crippen LogP contribution in [0.5, 0.6) is 0 Å². The fraction of sp³-hybridized carbons (Fsp3) is 0.533. The predicted octanol–water partition coefficient (Wildman–Crippen LogP) is 2.69. The highest BCUT2D eigenvalue weighted by Gasteiger charge is 2.46. The molecule has 0 N–H and O–H groups in total. The van der Waals surface area contributed by atoms with Crippen molar-refractivity contribution in [2.45, 2.75) is 38.1 Å². The molecule has 2 bridgehead atoms. The molecule has 2 nitrogen and oxygen atoms in total. The highest BCUT2D eigenvalue weighted by molar-refractivity contribution is 5.39. The quantitative estimate of drug-likeness (QED) is 0.636. The van der Waals surface area contributed by atoms with Crippen LogP contribution in [-0.4, -0.2) is 17.5 Å². The molecule has 88 valence electrons. The van der Waals surface area contributed by atoms with Crippen LogP contribution >= 0.6 is 0 Å². The van der Waals surface area contributed by atoms with Crippen molar-refractivity contribution in [3.05, 3.63) is 35.4 Å². The van der Waals surface area contributed by atoms with Gasteiger partial charge in [0.05, 0.1) is 0 Å². The average molecular weight is 226 g/mol. The summed E-state index contributed by atoms with van der Waals surface area (Å²) in [5.41, 5.74) is 3.21. The van der Waals surface area contributed by atoms with Crippen molar-refractivity contribution in [2.24, 2.45) is 5.92 Å². The third kappa shape index (κ3) is 1.38. The number of fused-ring (bicyclic) bond motifs is 4. The number of rotatable bonds is 0. The Morgan fingerprint density at radius 2 is 2.18 bits per heavy atom. The standard InChI is InChI=1S/C15H18N2/c1-11-9-17(10-16)13-7-12-5-3-4-6-14(12)15(11,2)8-13/h3-6,11,13H,7-9H2,1-2H3/t11?,13-,15+/m1/s1. The van der Waals surface area contributed by atoms with E-state index in [4.69, 9.17) is 0 Å². The number of piperidine rings is 1. The molecule has 1 fully saturated rings. The molecule has 3 rings (SSSR count). The average Bonchev–Trinajstić information content (AvgIpc) is 2.34. The molecule has 1 aromatic carbocycles. The molecule has 1 heterocycles. The van der Waals surface area contributed by atoms with Crippen molar-refractivity contribution in [1.82, 2.24) is 4.90 Å². The van der Waals surface area contributed by atoms with Crippen LogP contribution in [0.3, 0.4) is 0 Å². The fourth-order valence-corrected chi connectivity index (χ4v) is 3.64. The Morgan fingerprint density at radius 1 is 1.41 bits per heavy atom. The van der Waals surface area contributed by atoms with Crippen molar-refractivity contribution in [2.75, 3.05) is 6.54 Å². The van der Waals surface area contributed by atoms with Crippen LogP contribution in [0.1, 0.15) is 31.4 Å². The van der Waals surface area contributed by atoms with Crippen LogP contribution in [0, 0.1) is 17.4 Å². The molecular weight excluding hydrogens is 208 g/mol. The van der Waals surface area contributed by atoms with Gasteiger partial charge in [-0.15, -0.1) is 0 Å². The van der Waals surface area contributed by atoms with Gasteiger partial charge >= 0.3 is 0 Å². The summed E-state index contributed by atoms with van der Waals surface area (Å²) in [4.78, 5) is 1.99. The Balaban J connectivity index is 2.12. The van der Waals surface area contributed by atoms with Gasteiger partial charge in [-0.25, -0.2) is 0 Å². The topological polar surface area (TPSA) is 27.0 Å². The van der Waals surface area contributed by atoms with Crippen molar-refractivity contribution in [1.29, 1.82) is 5.26 Å². The van der Waals surface area contributed by atoms with E-state index in [1.165, 1.54) is 11.1 Å². The molecule has 1 aliphatic heterocycles.